The average Bonchev–Trinajstić information content (AvgIpc) is 3.19. The zero-order valence-corrected chi connectivity index (χ0v) is 16.7. The third-order valence-corrected chi connectivity index (χ3v) is 5.25. The third-order valence-electron chi connectivity index (χ3n) is 5.25. The minimum absolute atomic E-state index is 0.0813. The largest absolute Gasteiger partial charge is 0.490 e. The molecule has 0 aliphatic carbocycles. The van der Waals surface area contributed by atoms with Gasteiger partial charge in [-0.05, 0) is 6.07 Å². The standard InChI is InChI=1S/C20H22N6O4/c1-23-13-14(12-22-23)16-10-18(26(28)29)19(30-2)11-17(16)25-7-5-24(6-8-25)15-3-4-21-20(27)9-15/h3-4,9-13H,5-8H2,1-2H3,(H,21,27). The number of H-pyrrole nitrogens is 1. The van der Waals surface area contributed by atoms with E-state index in [0.717, 1.165) is 35.6 Å². The molecule has 4 rings (SSSR count). The summed E-state index contributed by atoms with van der Waals surface area (Å²) in [4.78, 5) is 29.7. The van der Waals surface area contributed by atoms with E-state index in [0.29, 0.717) is 13.1 Å². The molecule has 10 nitrogen and oxygen atoms in total. The van der Waals surface area contributed by atoms with Crippen molar-refractivity contribution in [2.45, 2.75) is 0 Å². The lowest BCUT2D eigenvalue weighted by molar-refractivity contribution is -0.385. The summed E-state index contributed by atoms with van der Waals surface area (Å²) >= 11 is 0. The van der Waals surface area contributed by atoms with E-state index in [1.54, 1.807) is 42.3 Å². The lowest BCUT2D eigenvalue weighted by Gasteiger charge is -2.38. The van der Waals surface area contributed by atoms with Crippen LogP contribution in [0.4, 0.5) is 17.1 Å². The summed E-state index contributed by atoms with van der Waals surface area (Å²) in [6.07, 6.45) is 5.18. The summed E-state index contributed by atoms with van der Waals surface area (Å²) in [5, 5.41) is 15.8. The summed E-state index contributed by atoms with van der Waals surface area (Å²) in [7, 11) is 3.24. The molecule has 1 N–H and O–H groups in total. The maximum Gasteiger partial charge on any atom is 0.311 e. The summed E-state index contributed by atoms with van der Waals surface area (Å²) < 4.78 is 6.97. The number of ether oxygens (including phenoxy) is 1. The molecule has 0 amide bonds. The number of nitrogens with zero attached hydrogens (tertiary/aromatic N) is 5. The Balaban J connectivity index is 1.68. The van der Waals surface area contributed by atoms with Crippen LogP contribution in [0.5, 0.6) is 5.75 Å². The van der Waals surface area contributed by atoms with Gasteiger partial charge in [0.05, 0.1) is 18.2 Å². The molecule has 0 spiro atoms. The zero-order valence-electron chi connectivity index (χ0n) is 16.7. The Bertz CT molecular complexity index is 1130. The van der Waals surface area contributed by atoms with Crippen molar-refractivity contribution in [3.63, 3.8) is 0 Å². The van der Waals surface area contributed by atoms with Crippen LogP contribution in [0.1, 0.15) is 0 Å². The fourth-order valence-corrected chi connectivity index (χ4v) is 3.75. The van der Waals surface area contributed by atoms with Gasteiger partial charge in [0, 0.05) is 86.3 Å². The summed E-state index contributed by atoms with van der Waals surface area (Å²) in [5.74, 6) is 0.222. The van der Waals surface area contributed by atoms with E-state index >= 15 is 0 Å². The summed E-state index contributed by atoms with van der Waals surface area (Å²) in [6.45, 7) is 2.83. The second-order valence-electron chi connectivity index (χ2n) is 7.09. The molecule has 1 saturated heterocycles. The van der Waals surface area contributed by atoms with Crippen molar-refractivity contribution >= 4 is 17.1 Å². The normalized spacial score (nSPS) is 14.1. The Morgan fingerprint density at radius 1 is 1.17 bits per heavy atom. The molecule has 1 aliphatic heterocycles. The highest BCUT2D eigenvalue weighted by Crippen LogP contribution is 2.40. The SMILES string of the molecule is COc1cc(N2CCN(c3cc[nH]c(=O)c3)CC2)c(-c2cnn(C)c2)cc1[N+](=O)[O-]. The number of pyridine rings is 1. The molecule has 2 aromatic heterocycles. The van der Waals surface area contributed by atoms with E-state index in [-0.39, 0.29) is 17.0 Å². The smallest absolute Gasteiger partial charge is 0.311 e. The van der Waals surface area contributed by atoms with Gasteiger partial charge in [-0.25, -0.2) is 0 Å². The molecule has 3 heterocycles. The van der Waals surface area contributed by atoms with Gasteiger partial charge in [-0.15, -0.1) is 0 Å². The number of methoxy groups -OCH3 is 1. The highest BCUT2D eigenvalue weighted by Gasteiger charge is 2.26. The Morgan fingerprint density at radius 2 is 1.90 bits per heavy atom. The Morgan fingerprint density at radius 3 is 2.50 bits per heavy atom. The quantitative estimate of drug-likeness (QED) is 0.506. The number of rotatable bonds is 5. The van der Waals surface area contributed by atoms with E-state index in [2.05, 4.69) is 19.9 Å². The number of aromatic amines is 1. The van der Waals surface area contributed by atoms with Gasteiger partial charge in [0.15, 0.2) is 5.75 Å². The second-order valence-corrected chi connectivity index (χ2v) is 7.09. The van der Waals surface area contributed by atoms with Gasteiger partial charge in [-0.3, -0.25) is 19.6 Å². The molecular formula is C20H22N6O4. The summed E-state index contributed by atoms with van der Waals surface area (Å²) in [5.41, 5.74) is 3.06. The molecule has 1 aliphatic rings. The van der Waals surface area contributed by atoms with E-state index < -0.39 is 4.92 Å². The van der Waals surface area contributed by atoms with Crippen molar-refractivity contribution in [2.75, 3.05) is 43.1 Å². The number of hydrogen-bond acceptors (Lipinski definition) is 7. The molecule has 0 radical (unpaired) electrons. The predicted octanol–water partition coefficient (Wildman–Crippen LogP) is 2.02. The molecule has 10 heteroatoms. The topological polar surface area (TPSA) is 110 Å². The fourth-order valence-electron chi connectivity index (χ4n) is 3.75. The molecule has 156 valence electrons. The molecular weight excluding hydrogens is 388 g/mol. The molecule has 30 heavy (non-hydrogen) atoms. The molecule has 3 aromatic rings. The van der Waals surface area contributed by atoms with E-state index in [1.165, 1.54) is 7.11 Å². The lowest BCUT2D eigenvalue weighted by Crippen LogP contribution is -2.47. The van der Waals surface area contributed by atoms with Crippen LogP contribution < -0.4 is 20.1 Å². The van der Waals surface area contributed by atoms with Crippen LogP contribution in [0.25, 0.3) is 11.1 Å². The first-order valence-electron chi connectivity index (χ1n) is 9.50. The fraction of sp³-hybridized carbons (Fsp3) is 0.300. The van der Waals surface area contributed by atoms with Gasteiger partial charge in [-0.1, -0.05) is 0 Å². The van der Waals surface area contributed by atoms with Gasteiger partial charge in [0.25, 0.3) is 0 Å². The number of piperazine rings is 1. The zero-order chi connectivity index (χ0) is 21.3. The number of hydrogen-bond donors (Lipinski definition) is 1. The van der Waals surface area contributed by atoms with Gasteiger partial charge >= 0.3 is 5.69 Å². The second kappa shape index (κ2) is 7.90. The average molecular weight is 410 g/mol. The minimum Gasteiger partial charge on any atom is -0.490 e. The van der Waals surface area contributed by atoms with Gasteiger partial charge in [0.1, 0.15) is 0 Å². The number of benzene rings is 1. The maximum absolute atomic E-state index is 11.6. The molecule has 1 fully saturated rings. The summed E-state index contributed by atoms with van der Waals surface area (Å²) in [6, 6.07) is 6.75. The maximum atomic E-state index is 11.6. The highest BCUT2D eigenvalue weighted by molar-refractivity contribution is 5.82. The van der Waals surface area contributed by atoms with Crippen molar-refractivity contribution in [1.82, 2.24) is 14.8 Å². The number of aromatic nitrogens is 3. The molecule has 0 unspecified atom stereocenters. The van der Waals surface area contributed by atoms with Crippen LogP contribution in [0.3, 0.4) is 0 Å². The van der Waals surface area contributed by atoms with Crippen LogP contribution in [0, 0.1) is 10.1 Å². The number of nitro benzene ring substituents is 1. The molecule has 0 bridgehead atoms. The monoisotopic (exact) mass is 410 g/mol. The van der Waals surface area contributed by atoms with Crippen molar-refractivity contribution in [3.8, 4) is 16.9 Å². The van der Waals surface area contributed by atoms with Crippen molar-refractivity contribution in [1.29, 1.82) is 0 Å². The van der Waals surface area contributed by atoms with Gasteiger partial charge in [-0.2, -0.15) is 5.10 Å². The molecule has 1 aromatic carbocycles. The first-order valence-corrected chi connectivity index (χ1v) is 9.50. The number of nitrogens with one attached hydrogen (secondary N) is 1. The third kappa shape index (κ3) is 3.71. The first kappa shape index (κ1) is 19.5. The lowest BCUT2D eigenvalue weighted by atomic mass is 10.0. The van der Waals surface area contributed by atoms with Crippen LogP contribution in [-0.4, -0.2) is 53.0 Å². The minimum atomic E-state index is -0.437. The number of nitro groups is 1. The van der Waals surface area contributed by atoms with Gasteiger partial charge < -0.3 is 19.5 Å². The van der Waals surface area contributed by atoms with Crippen molar-refractivity contribution < 1.29 is 9.66 Å². The Hall–Kier alpha value is -3.82. The molecule has 0 saturated carbocycles. The van der Waals surface area contributed by atoms with Crippen molar-refractivity contribution in [2.24, 2.45) is 7.05 Å². The van der Waals surface area contributed by atoms with Crippen LogP contribution in [-0.2, 0) is 7.05 Å². The first-order chi connectivity index (χ1) is 14.5. The number of anilines is 2. The van der Waals surface area contributed by atoms with E-state index in [9.17, 15) is 14.9 Å². The Labute approximate surface area is 172 Å². The van der Waals surface area contributed by atoms with Gasteiger partial charge in [0.2, 0.25) is 5.56 Å². The van der Waals surface area contributed by atoms with Crippen LogP contribution >= 0.6 is 0 Å². The Kier molecular flexibility index (Phi) is 5.13. The highest BCUT2D eigenvalue weighted by atomic mass is 16.6. The van der Waals surface area contributed by atoms with E-state index in [4.69, 9.17) is 4.74 Å². The van der Waals surface area contributed by atoms with Crippen molar-refractivity contribution in [3.05, 3.63) is 63.3 Å². The number of aryl methyl sites for hydroxylation is 1. The van der Waals surface area contributed by atoms with Crippen LogP contribution in [0.2, 0.25) is 0 Å². The molecule has 0 atom stereocenters. The van der Waals surface area contributed by atoms with Crippen LogP contribution in [0.15, 0.2) is 47.7 Å². The van der Waals surface area contributed by atoms with E-state index in [1.807, 2.05) is 12.3 Å². The predicted molar refractivity (Wildman–Crippen MR) is 113 cm³/mol.